The quantitative estimate of drug-likeness (QED) is 0.761. The van der Waals surface area contributed by atoms with Crippen LogP contribution in [0.3, 0.4) is 0 Å². The summed E-state index contributed by atoms with van der Waals surface area (Å²) in [5.41, 5.74) is 1.03. The van der Waals surface area contributed by atoms with Crippen LogP contribution >= 0.6 is 0 Å². The van der Waals surface area contributed by atoms with Crippen molar-refractivity contribution in [2.45, 2.75) is 32.6 Å². The Morgan fingerprint density at radius 1 is 1.25 bits per heavy atom. The lowest BCUT2D eigenvalue weighted by molar-refractivity contribution is -0.122. The van der Waals surface area contributed by atoms with Gasteiger partial charge in [0.2, 0.25) is 5.91 Å². The van der Waals surface area contributed by atoms with E-state index in [1.54, 1.807) is 0 Å². The fourth-order valence-electron chi connectivity index (χ4n) is 2.47. The monoisotopic (exact) mass is 217 g/mol. The predicted molar refractivity (Wildman–Crippen MR) is 66.4 cm³/mol. The maximum atomic E-state index is 12.3. The van der Waals surface area contributed by atoms with E-state index in [9.17, 15) is 4.79 Å². The lowest BCUT2D eigenvalue weighted by Crippen LogP contribution is -2.35. The van der Waals surface area contributed by atoms with Gasteiger partial charge >= 0.3 is 0 Å². The van der Waals surface area contributed by atoms with Gasteiger partial charge in [0, 0.05) is 18.2 Å². The SMILES string of the molecule is CCN(C(=O)C1CCCC1)c1ccccc1. The van der Waals surface area contributed by atoms with E-state index in [2.05, 4.69) is 0 Å². The van der Waals surface area contributed by atoms with Gasteiger partial charge in [0.05, 0.1) is 0 Å². The molecule has 0 aliphatic heterocycles. The highest BCUT2D eigenvalue weighted by molar-refractivity contribution is 5.95. The van der Waals surface area contributed by atoms with Gasteiger partial charge in [-0.1, -0.05) is 31.0 Å². The highest BCUT2D eigenvalue weighted by Gasteiger charge is 2.26. The number of nitrogens with zero attached hydrogens (tertiary/aromatic N) is 1. The van der Waals surface area contributed by atoms with Crippen molar-refractivity contribution >= 4 is 11.6 Å². The zero-order valence-corrected chi connectivity index (χ0v) is 9.86. The van der Waals surface area contributed by atoms with Crippen LogP contribution in [0, 0.1) is 5.92 Å². The van der Waals surface area contributed by atoms with E-state index in [1.807, 2.05) is 42.2 Å². The molecule has 16 heavy (non-hydrogen) atoms. The zero-order valence-electron chi connectivity index (χ0n) is 9.86. The smallest absolute Gasteiger partial charge is 0.230 e. The van der Waals surface area contributed by atoms with Crippen LogP contribution in [0.25, 0.3) is 0 Å². The Balaban J connectivity index is 2.13. The highest BCUT2D eigenvalue weighted by Crippen LogP contribution is 2.28. The number of benzene rings is 1. The molecule has 1 aliphatic rings. The van der Waals surface area contributed by atoms with Crippen LogP contribution in [0.1, 0.15) is 32.6 Å². The van der Waals surface area contributed by atoms with Gasteiger partial charge < -0.3 is 4.90 Å². The number of para-hydroxylation sites is 1. The average molecular weight is 217 g/mol. The molecular formula is C14H19NO. The first kappa shape index (κ1) is 11.2. The molecule has 86 valence electrons. The van der Waals surface area contributed by atoms with Crippen LogP contribution in [0.4, 0.5) is 5.69 Å². The Bertz CT molecular complexity index is 341. The molecule has 0 spiro atoms. The second-order valence-electron chi connectivity index (χ2n) is 4.40. The van der Waals surface area contributed by atoms with Gasteiger partial charge in [-0.05, 0) is 31.9 Å². The summed E-state index contributed by atoms with van der Waals surface area (Å²) in [5.74, 6) is 0.575. The molecule has 1 fully saturated rings. The molecule has 1 aromatic carbocycles. The van der Waals surface area contributed by atoms with Crippen molar-refractivity contribution in [1.82, 2.24) is 0 Å². The Morgan fingerprint density at radius 3 is 2.44 bits per heavy atom. The molecule has 2 nitrogen and oxygen atoms in total. The van der Waals surface area contributed by atoms with Crippen LogP contribution in [0.15, 0.2) is 30.3 Å². The summed E-state index contributed by atoms with van der Waals surface area (Å²) in [6, 6.07) is 9.98. The van der Waals surface area contributed by atoms with Gasteiger partial charge in [-0.2, -0.15) is 0 Å². The van der Waals surface area contributed by atoms with E-state index in [1.165, 1.54) is 12.8 Å². The molecule has 1 amide bonds. The zero-order chi connectivity index (χ0) is 11.4. The Morgan fingerprint density at radius 2 is 1.88 bits per heavy atom. The molecule has 0 aromatic heterocycles. The van der Waals surface area contributed by atoms with Gasteiger partial charge in [-0.15, -0.1) is 0 Å². The summed E-state index contributed by atoms with van der Waals surface area (Å²) in [6.07, 6.45) is 4.57. The highest BCUT2D eigenvalue weighted by atomic mass is 16.2. The molecule has 1 aliphatic carbocycles. The maximum absolute atomic E-state index is 12.3. The molecule has 0 N–H and O–H groups in total. The fraction of sp³-hybridized carbons (Fsp3) is 0.500. The summed E-state index contributed by atoms with van der Waals surface area (Å²) in [5, 5.41) is 0. The van der Waals surface area contributed by atoms with E-state index < -0.39 is 0 Å². The summed E-state index contributed by atoms with van der Waals surface area (Å²) in [7, 11) is 0. The molecule has 0 heterocycles. The van der Waals surface area contributed by atoms with E-state index in [4.69, 9.17) is 0 Å². The van der Waals surface area contributed by atoms with Gasteiger partial charge in [0.25, 0.3) is 0 Å². The topological polar surface area (TPSA) is 20.3 Å². The molecule has 1 saturated carbocycles. The Kier molecular flexibility index (Phi) is 3.60. The van der Waals surface area contributed by atoms with Crippen molar-refractivity contribution in [1.29, 1.82) is 0 Å². The maximum Gasteiger partial charge on any atom is 0.230 e. The van der Waals surface area contributed by atoms with Crippen molar-refractivity contribution < 1.29 is 4.79 Å². The molecule has 0 saturated heterocycles. The van der Waals surface area contributed by atoms with E-state index in [0.717, 1.165) is 25.1 Å². The lowest BCUT2D eigenvalue weighted by Gasteiger charge is -2.24. The van der Waals surface area contributed by atoms with Crippen molar-refractivity contribution in [3.05, 3.63) is 30.3 Å². The number of hydrogen-bond donors (Lipinski definition) is 0. The van der Waals surface area contributed by atoms with E-state index >= 15 is 0 Å². The lowest BCUT2D eigenvalue weighted by atomic mass is 10.1. The first-order valence-electron chi connectivity index (χ1n) is 6.19. The van der Waals surface area contributed by atoms with Gasteiger partial charge in [-0.3, -0.25) is 4.79 Å². The fourth-order valence-corrected chi connectivity index (χ4v) is 2.47. The molecule has 0 atom stereocenters. The number of rotatable bonds is 3. The first-order valence-corrected chi connectivity index (χ1v) is 6.19. The predicted octanol–water partition coefficient (Wildman–Crippen LogP) is 3.23. The van der Waals surface area contributed by atoms with E-state index in [-0.39, 0.29) is 5.92 Å². The molecule has 0 bridgehead atoms. The van der Waals surface area contributed by atoms with Crippen LogP contribution < -0.4 is 4.90 Å². The van der Waals surface area contributed by atoms with Gasteiger partial charge in [0.1, 0.15) is 0 Å². The van der Waals surface area contributed by atoms with Crippen LogP contribution in [0.2, 0.25) is 0 Å². The summed E-state index contributed by atoms with van der Waals surface area (Å²) >= 11 is 0. The molecule has 0 unspecified atom stereocenters. The standard InChI is InChI=1S/C14H19NO/c1-2-15(13-10-4-3-5-11-13)14(16)12-8-6-7-9-12/h3-5,10-12H,2,6-9H2,1H3. The van der Waals surface area contributed by atoms with Crippen LogP contribution in [-0.2, 0) is 4.79 Å². The largest absolute Gasteiger partial charge is 0.312 e. The first-order chi connectivity index (χ1) is 7.83. The van der Waals surface area contributed by atoms with Crippen LogP contribution in [0.5, 0.6) is 0 Å². The van der Waals surface area contributed by atoms with E-state index in [0.29, 0.717) is 5.91 Å². The average Bonchev–Trinajstić information content (AvgIpc) is 2.85. The normalized spacial score (nSPS) is 16.3. The van der Waals surface area contributed by atoms with Crippen molar-refractivity contribution in [2.75, 3.05) is 11.4 Å². The number of carbonyl (C=O) groups is 1. The number of anilines is 1. The second kappa shape index (κ2) is 5.15. The third-order valence-corrected chi connectivity index (χ3v) is 3.35. The third-order valence-electron chi connectivity index (χ3n) is 3.35. The van der Waals surface area contributed by atoms with Crippen molar-refractivity contribution in [3.8, 4) is 0 Å². The second-order valence-corrected chi connectivity index (χ2v) is 4.40. The Hall–Kier alpha value is -1.31. The molecule has 2 heteroatoms. The summed E-state index contributed by atoms with van der Waals surface area (Å²) in [6.45, 7) is 2.80. The minimum absolute atomic E-state index is 0.264. The summed E-state index contributed by atoms with van der Waals surface area (Å²) < 4.78 is 0. The third kappa shape index (κ3) is 2.26. The van der Waals surface area contributed by atoms with Crippen LogP contribution in [-0.4, -0.2) is 12.5 Å². The molecule has 0 radical (unpaired) electrons. The minimum atomic E-state index is 0.264. The number of carbonyl (C=O) groups excluding carboxylic acids is 1. The minimum Gasteiger partial charge on any atom is -0.312 e. The van der Waals surface area contributed by atoms with Crippen molar-refractivity contribution in [2.24, 2.45) is 5.92 Å². The molecule has 1 aromatic rings. The summed E-state index contributed by atoms with van der Waals surface area (Å²) in [4.78, 5) is 14.2. The molecular weight excluding hydrogens is 198 g/mol. The number of hydrogen-bond acceptors (Lipinski definition) is 1. The number of amides is 1. The Labute approximate surface area is 97.3 Å². The van der Waals surface area contributed by atoms with Gasteiger partial charge in [-0.25, -0.2) is 0 Å². The van der Waals surface area contributed by atoms with Crippen molar-refractivity contribution in [3.63, 3.8) is 0 Å². The molecule has 2 rings (SSSR count). The van der Waals surface area contributed by atoms with Gasteiger partial charge in [0.15, 0.2) is 0 Å².